The van der Waals surface area contributed by atoms with Gasteiger partial charge in [0, 0.05) is 24.1 Å². The first-order chi connectivity index (χ1) is 10.6. The first kappa shape index (κ1) is 15.5. The van der Waals surface area contributed by atoms with Gasteiger partial charge in [-0.25, -0.2) is 13.1 Å². The van der Waals surface area contributed by atoms with E-state index in [9.17, 15) is 8.42 Å². The van der Waals surface area contributed by atoms with Crippen LogP contribution in [0, 0.1) is 0 Å². The van der Waals surface area contributed by atoms with Gasteiger partial charge < -0.3 is 4.74 Å². The van der Waals surface area contributed by atoms with Crippen LogP contribution in [-0.2, 0) is 14.8 Å². The van der Waals surface area contributed by atoms with E-state index < -0.39 is 15.6 Å². The van der Waals surface area contributed by atoms with Crippen LogP contribution in [0.4, 0.5) is 0 Å². The summed E-state index contributed by atoms with van der Waals surface area (Å²) in [6.07, 6.45) is 2.20. The predicted octanol–water partition coefficient (Wildman–Crippen LogP) is 3.08. The van der Waals surface area contributed by atoms with Gasteiger partial charge in [0.25, 0.3) is 0 Å². The van der Waals surface area contributed by atoms with E-state index in [0.29, 0.717) is 31.0 Å². The van der Waals surface area contributed by atoms with Crippen LogP contribution in [0.3, 0.4) is 0 Å². The molecule has 118 valence electrons. The Labute approximate surface area is 131 Å². The lowest BCUT2D eigenvalue weighted by molar-refractivity contribution is 0.0457. The molecule has 0 radical (unpaired) electrons. The Morgan fingerprint density at radius 2 is 1.77 bits per heavy atom. The zero-order chi connectivity index (χ0) is 15.6. The van der Waals surface area contributed by atoms with E-state index in [1.807, 2.05) is 37.3 Å². The number of hydrogen-bond acceptors (Lipinski definition) is 3. The van der Waals surface area contributed by atoms with E-state index in [1.165, 1.54) is 0 Å². The summed E-state index contributed by atoms with van der Waals surface area (Å²) in [5.74, 6) is 0. The topological polar surface area (TPSA) is 55.4 Å². The Kier molecular flexibility index (Phi) is 4.21. The number of hydrogen-bond donors (Lipinski definition) is 1. The van der Waals surface area contributed by atoms with E-state index in [0.717, 1.165) is 17.2 Å². The van der Waals surface area contributed by atoms with Gasteiger partial charge in [-0.15, -0.1) is 0 Å². The van der Waals surface area contributed by atoms with Crippen molar-refractivity contribution in [3.63, 3.8) is 0 Å². The maximum Gasteiger partial charge on any atom is 0.241 e. The van der Waals surface area contributed by atoms with Crippen molar-refractivity contribution >= 4 is 20.8 Å². The second-order valence-corrected chi connectivity index (χ2v) is 7.48. The molecule has 0 atom stereocenters. The predicted molar refractivity (Wildman–Crippen MR) is 87.3 cm³/mol. The van der Waals surface area contributed by atoms with Gasteiger partial charge in [-0.2, -0.15) is 0 Å². The van der Waals surface area contributed by atoms with Gasteiger partial charge >= 0.3 is 0 Å². The van der Waals surface area contributed by atoms with Gasteiger partial charge in [0.05, 0.1) is 4.90 Å². The molecule has 0 saturated carbocycles. The van der Waals surface area contributed by atoms with Crippen LogP contribution in [0.25, 0.3) is 10.8 Å². The molecule has 1 N–H and O–H groups in total. The summed E-state index contributed by atoms with van der Waals surface area (Å²) >= 11 is 0. The fourth-order valence-corrected chi connectivity index (χ4v) is 4.82. The SMILES string of the molecule is CCC1(NS(=O)(=O)c2cccc3ccccc23)CCOCC1. The van der Waals surface area contributed by atoms with E-state index >= 15 is 0 Å². The largest absolute Gasteiger partial charge is 0.381 e. The maximum atomic E-state index is 12.9. The van der Waals surface area contributed by atoms with Gasteiger partial charge in [-0.3, -0.25) is 0 Å². The minimum Gasteiger partial charge on any atom is -0.381 e. The number of sulfonamides is 1. The van der Waals surface area contributed by atoms with Crippen LogP contribution in [-0.4, -0.2) is 27.2 Å². The molecule has 0 spiro atoms. The van der Waals surface area contributed by atoms with Crippen LogP contribution >= 0.6 is 0 Å². The summed E-state index contributed by atoms with van der Waals surface area (Å²) in [5, 5.41) is 1.69. The molecular formula is C17H21NO3S. The standard InChI is InChI=1S/C17H21NO3S/c1-2-17(10-12-21-13-11-17)18-22(19,20)16-9-5-7-14-6-3-4-8-15(14)16/h3-9,18H,2,10-13H2,1H3. The minimum atomic E-state index is -3.56. The molecule has 0 unspecified atom stereocenters. The molecule has 2 aromatic carbocycles. The van der Waals surface area contributed by atoms with Gasteiger partial charge in [0.2, 0.25) is 10.0 Å². The Morgan fingerprint density at radius 1 is 1.09 bits per heavy atom. The summed E-state index contributed by atoms with van der Waals surface area (Å²) in [5.41, 5.74) is -0.395. The second kappa shape index (κ2) is 5.99. The highest BCUT2D eigenvalue weighted by molar-refractivity contribution is 7.89. The number of nitrogens with one attached hydrogen (secondary N) is 1. The zero-order valence-electron chi connectivity index (χ0n) is 12.7. The number of rotatable bonds is 4. The lowest BCUT2D eigenvalue weighted by Crippen LogP contribution is -2.51. The smallest absolute Gasteiger partial charge is 0.241 e. The fraction of sp³-hybridized carbons (Fsp3) is 0.412. The van der Waals surface area contributed by atoms with Crippen LogP contribution < -0.4 is 4.72 Å². The summed E-state index contributed by atoms with van der Waals surface area (Å²) in [7, 11) is -3.56. The van der Waals surface area contributed by atoms with Crippen LogP contribution in [0.15, 0.2) is 47.4 Å². The van der Waals surface area contributed by atoms with Crippen LogP contribution in [0.5, 0.6) is 0 Å². The van der Waals surface area contributed by atoms with Crippen molar-refractivity contribution in [2.24, 2.45) is 0 Å². The third-order valence-corrected chi connectivity index (χ3v) is 6.15. The highest BCUT2D eigenvalue weighted by atomic mass is 32.2. The molecule has 1 heterocycles. The van der Waals surface area contributed by atoms with Gasteiger partial charge in [-0.05, 0) is 30.7 Å². The lowest BCUT2D eigenvalue weighted by atomic mass is 9.89. The van der Waals surface area contributed by atoms with Crippen molar-refractivity contribution < 1.29 is 13.2 Å². The first-order valence-electron chi connectivity index (χ1n) is 7.66. The van der Waals surface area contributed by atoms with Crippen molar-refractivity contribution in [3.05, 3.63) is 42.5 Å². The molecular weight excluding hydrogens is 298 g/mol. The Hall–Kier alpha value is -1.43. The van der Waals surface area contributed by atoms with Gasteiger partial charge in [0.1, 0.15) is 0 Å². The normalized spacial score (nSPS) is 18.4. The summed E-state index contributed by atoms with van der Waals surface area (Å²) in [4.78, 5) is 0.352. The first-order valence-corrected chi connectivity index (χ1v) is 9.14. The van der Waals surface area contributed by atoms with E-state index in [4.69, 9.17) is 4.74 Å². The quantitative estimate of drug-likeness (QED) is 0.942. The molecule has 5 heteroatoms. The van der Waals surface area contributed by atoms with E-state index in [1.54, 1.807) is 12.1 Å². The highest BCUT2D eigenvalue weighted by Gasteiger charge is 2.35. The molecule has 1 fully saturated rings. The Balaban J connectivity index is 2.01. The van der Waals surface area contributed by atoms with Crippen molar-refractivity contribution in [3.8, 4) is 0 Å². The van der Waals surface area contributed by atoms with Gasteiger partial charge in [0.15, 0.2) is 0 Å². The molecule has 1 aliphatic heterocycles. The molecule has 0 amide bonds. The summed E-state index contributed by atoms with van der Waals surface area (Å²) in [6.45, 7) is 3.23. The van der Waals surface area contributed by atoms with Crippen molar-refractivity contribution in [2.45, 2.75) is 36.6 Å². The molecule has 0 aromatic heterocycles. The average molecular weight is 319 g/mol. The molecule has 4 nitrogen and oxygen atoms in total. The molecule has 1 saturated heterocycles. The molecule has 3 rings (SSSR count). The van der Waals surface area contributed by atoms with Crippen LogP contribution in [0.2, 0.25) is 0 Å². The fourth-order valence-electron chi connectivity index (χ4n) is 3.06. The zero-order valence-corrected chi connectivity index (χ0v) is 13.5. The second-order valence-electron chi connectivity index (χ2n) is 5.83. The van der Waals surface area contributed by atoms with Crippen molar-refractivity contribution in [2.75, 3.05) is 13.2 Å². The molecule has 0 bridgehead atoms. The number of ether oxygens (including phenoxy) is 1. The monoisotopic (exact) mass is 319 g/mol. The Bertz CT molecular complexity index is 759. The number of benzene rings is 2. The van der Waals surface area contributed by atoms with Crippen LogP contribution in [0.1, 0.15) is 26.2 Å². The van der Waals surface area contributed by atoms with E-state index in [-0.39, 0.29) is 0 Å². The van der Waals surface area contributed by atoms with Crippen molar-refractivity contribution in [1.82, 2.24) is 4.72 Å². The maximum absolute atomic E-state index is 12.9. The molecule has 22 heavy (non-hydrogen) atoms. The number of fused-ring (bicyclic) bond motifs is 1. The highest BCUT2D eigenvalue weighted by Crippen LogP contribution is 2.29. The average Bonchev–Trinajstić information content (AvgIpc) is 2.54. The van der Waals surface area contributed by atoms with E-state index in [2.05, 4.69) is 4.72 Å². The molecule has 2 aromatic rings. The molecule has 1 aliphatic rings. The minimum absolute atomic E-state index is 0.352. The molecule has 0 aliphatic carbocycles. The summed E-state index contributed by atoms with van der Waals surface area (Å²) in [6, 6.07) is 13.0. The summed E-state index contributed by atoms with van der Waals surface area (Å²) < 4.78 is 34.2. The van der Waals surface area contributed by atoms with Gasteiger partial charge in [-0.1, -0.05) is 43.3 Å². The third kappa shape index (κ3) is 2.89. The lowest BCUT2D eigenvalue weighted by Gasteiger charge is -2.36. The van der Waals surface area contributed by atoms with Crippen molar-refractivity contribution in [1.29, 1.82) is 0 Å². The third-order valence-electron chi connectivity index (χ3n) is 4.52. The Morgan fingerprint density at radius 3 is 2.50 bits per heavy atom.